The summed E-state index contributed by atoms with van der Waals surface area (Å²) in [5.41, 5.74) is -0.00564. The number of aliphatic carboxylic acids is 1. The first-order valence-electron chi connectivity index (χ1n) is 6.85. The fourth-order valence-electron chi connectivity index (χ4n) is 3.30. The molecule has 1 aliphatic carbocycles. The maximum Gasteiger partial charge on any atom is 0.321 e. The lowest BCUT2D eigenvalue weighted by molar-refractivity contribution is -0.143. The van der Waals surface area contributed by atoms with Crippen LogP contribution in [0.15, 0.2) is 0 Å². The van der Waals surface area contributed by atoms with Gasteiger partial charge in [-0.05, 0) is 45.4 Å². The Bertz CT molecular complexity index is 386. The van der Waals surface area contributed by atoms with Gasteiger partial charge in [0.2, 0.25) is 0 Å². The smallest absolute Gasteiger partial charge is 0.321 e. The molecule has 3 nitrogen and oxygen atoms in total. The standard InChI is InChI=1S/C15H23NO2/c1-15(2,3)8-5-9-16-10-11-6-4-7-12(11)13(16)14(17)18/h11-13H,4,6-7,9-10H2,1-3H3,(H,17,18). The zero-order chi connectivity index (χ0) is 13.3. The molecular formula is C15H23NO2. The molecule has 1 saturated heterocycles. The fourth-order valence-corrected chi connectivity index (χ4v) is 3.30. The van der Waals surface area contributed by atoms with Crippen molar-refractivity contribution < 1.29 is 9.90 Å². The molecule has 1 aliphatic heterocycles. The Labute approximate surface area is 110 Å². The van der Waals surface area contributed by atoms with Gasteiger partial charge in [0.05, 0.1) is 6.54 Å². The van der Waals surface area contributed by atoms with E-state index in [1.807, 2.05) is 0 Å². The number of hydrogen-bond acceptors (Lipinski definition) is 2. The van der Waals surface area contributed by atoms with Crippen LogP contribution in [0.25, 0.3) is 0 Å². The normalized spacial score (nSPS) is 31.8. The lowest BCUT2D eigenvalue weighted by Crippen LogP contribution is -2.39. The Morgan fingerprint density at radius 2 is 2.11 bits per heavy atom. The molecule has 0 radical (unpaired) electrons. The van der Waals surface area contributed by atoms with E-state index in [-0.39, 0.29) is 11.5 Å². The van der Waals surface area contributed by atoms with Crippen molar-refractivity contribution in [1.82, 2.24) is 4.90 Å². The van der Waals surface area contributed by atoms with Crippen LogP contribution in [0, 0.1) is 29.1 Å². The maximum atomic E-state index is 11.4. The molecule has 1 saturated carbocycles. The molecule has 3 atom stereocenters. The molecule has 1 N–H and O–H groups in total. The number of likely N-dealkylation sites (tertiary alicyclic amines) is 1. The number of carbonyl (C=O) groups is 1. The molecular weight excluding hydrogens is 226 g/mol. The minimum atomic E-state index is -0.665. The van der Waals surface area contributed by atoms with Crippen molar-refractivity contribution in [2.24, 2.45) is 17.3 Å². The van der Waals surface area contributed by atoms with Gasteiger partial charge in [0.1, 0.15) is 6.04 Å². The average molecular weight is 249 g/mol. The van der Waals surface area contributed by atoms with Gasteiger partial charge in [0.15, 0.2) is 0 Å². The van der Waals surface area contributed by atoms with E-state index < -0.39 is 5.97 Å². The molecule has 100 valence electrons. The maximum absolute atomic E-state index is 11.4. The lowest BCUT2D eigenvalue weighted by atomic mass is 9.94. The van der Waals surface area contributed by atoms with Crippen LogP contribution in [0.3, 0.4) is 0 Å². The molecule has 0 aromatic rings. The number of fused-ring (bicyclic) bond motifs is 1. The Morgan fingerprint density at radius 3 is 2.72 bits per heavy atom. The van der Waals surface area contributed by atoms with Gasteiger partial charge >= 0.3 is 5.97 Å². The molecule has 2 fully saturated rings. The molecule has 0 spiro atoms. The van der Waals surface area contributed by atoms with E-state index in [9.17, 15) is 9.90 Å². The molecule has 0 amide bonds. The highest BCUT2D eigenvalue weighted by molar-refractivity contribution is 5.74. The van der Waals surface area contributed by atoms with E-state index in [1.54, 1.807) is 0 Å². The van der Waals surface area contributed by atoms with Gasteiger partial charge in [0, 0.05) is 12.0 Å². The number of nitrogens with zero attached hydrogens (tertiary/aromatic N) is 1. The van der Waals surface area contributed by atoms with Crippen molar-refractivity contribution in [2.75, 3.05) is 13.1 Å². The van der Waals surface area contributed by atoms with Crippen molar-refractivity contribution in [3.05, 3.63) is 0 Å². The van der Waals surface area contributed by atoms with Crippen LogP contribution in [0.2, 0.25) is 0 Å². The van der Waals surface area contributed by atoms with Gasteiger partial charge in [0.25, 0.3) is 0 Å². The molecule has 0 bridgehead atoms. The lowest BCUT2D eigenvalue weighted by Gasteiger charge is -2.22. The molecule has 2 aliphatic rings. The second-order valence-corrected chi connectivity index (χ2v) is 6.62. The minimum absolute atomic E-state index is 0.00564. The SMILES string of the molecule is CC(C)(C)C#CCN1CC2CCCC2C1C(=O)O. The molecule has 0 aromatic carbocycles. The second-order valence-electron chi connectivity index (χ2n) is 6.62. The summed E-state index contributed by atoms with van der Waals surface area (Å²) in [6.45, 7) is 7.75. The van der Waals surface area contributed by atoms with Crippen molar-refractivity contribution in [2.45, 2.75) is 46.1 Å². The minimum Gasteiger partial charge on any atom is -0.480 e. The van der Waals surface area contributed by atoms with E-state index in [0.29, 0.717) is 18.4 Å². The fraction of sp³-hybridized carbons (Fsp3) is 0.800. The Morgan fingerprint density at radius 1 is 1.39 bits per heavy atom. The Hall–Kier alpha value is -1.01. The van der Waals surface area contributed by atoms with Gasteiger partial charge < -0.3 is 5.11 Å². The monoisotopic (exact) mass is 249 g/mol. The number of rotatable bonds is 2. The summed E-state index contributed by atoms with van der Waals surface area (Å²) in [7, 11) is 0. The highest BCUT2D eigenvalue weighted by atomic mass is 16.4. The Balaban J connectivity index is 2.03. The summed E-state index contributed by atoms with van der Waals surface area (Å²) >= 11 is 0. The first kappa shape index (κ1) is 13.4. The van der Waals surface area contributed by atoms with E-state index in [4.69, 9.17) is 0 Å². The summed E-state index contributed by atoms with van der Waals surface area (Å²) in [5.74, 6) is 6.62. The molecule has 1 heterocycles. The summed E-state index contributed by atoms with van der Waals surface area (Å²) in [6, 6.07) is -0.299. The van der Waals surface area contributed by atoms with Crippen molar-refractivity contribution in [1.29, 1.82) is 0 Å². The van der Waals surface area contributed by atoms with Crippen LogP contribution < -0.4 is 0 Å². The predicted octanol–water partition coefficient (Wildman–Crippen LogP) is 2.22. The largest absolute Gasteiger partial charge is 0.480 e. The topological polar surface area (TPSA) is 40.5 Å². The summed E-state index contributed by atoms with van der Waals surface area (Å²) in [6.07, 6.45) is 3.46. The highest BCUT2D eigenvalue weighted by Gasteiger charge is 2.47. The molecule has 3 heteroatoms. The van der Waals surface area contributed by atoms with E-state index >= 15 is 0 Å². The second kappa shape index (κ2) is 4.93. The van der Waals surface area contributed by atoms with Gasteiger partial charge in [-0.1, -0.05) is 18.3 Å². The van der Waals surface area contributed by atoms with Crippen LogP contribution in [0.5, 0.6) is 0 Å². The third-order valence-electron chi connectivity index (χ3n) is 3.98. The quantitative estimate of drug-likeness (QED) is 0.763. The van der Waals surface area contributed by atoms with Gasteiger partial charge in [-0.15, -0.1) is 0 Å². The summed E-state index contributed by atoms with van der Waals surface area (Å²) < 4.78 is 0. The first-order valence-corrected chi connectivity index (χ1v) is 6.85. The molecule has 3 unspecified atom stereocenters. The molecule has 0 aromatic heterocycles. The molecule has 18 heavy (non-hydrogen) atoms. The summed E-state index contributed by atoms with van der Waals surface area (Å²) in [4.78, 5) is 13.5. The zero-order valence-electron chi connectivity index (χ0n) is 11.6. The van der Waals surface area contributed by atoms with Crippen molar-refractivity contribution >= 4 is 5.97 Å². The van der Waals surface area contributed by atoms with Crippen LogP contribution in [0.4, 0.5) is 0 Å². The van der Waals surface area contributed by atoms with Gasteiger partial charge in [-0.3, -0.25) is 9.69 Å². The van der Waals surface area contributed by atoms with Crippen LogP contribution in [-0.2, 0) is 4.79 Å². The first-order chi connectivity index (χ1) is 8.38. The van der Waals surface area contributed by atoms with E-state index in [0.717, 1.165) is 13.0 Å². The van der Waals surface area contributed by atoms with Crippen molar-refractivity contribution in [3.8, 4) is 11.8 Å². The third kappa shape index (κ3) is 2.87. The van der Waals surface area contributed by atoms with Crippen LogP contribution in [0.1, 0.15) is 40.0 Å². The zero-order valence-corrected chi connectivity index (χ0v) is 11.6. The number of hydrogen-bond donors (Lipinski definition) is 1. The Kier molecular flexibility index (Phi) is 3.68. The highest BCUT2D eigenvalue weighted by Crippen LogP contribution is 2.41. The third-order valence-corrected chi connectivity index (χ3v) is 3.98. The van der Waals surface area contributed by atoms with Crippen LogP contribution >= 0.6 is 0 Å². The summed E-state index contributed by atoms with van der Waals surface area (Å²) in [5, 5.41) is 9.40. The van der Waals surface area contributed by atoms with E-state index in [1.165, 1.54) is 12.8 Å². The predicted molar refractivity (Wildman–Crippen MR) is 71.1 cm³/mol. The number of carboxylic acids is 1. The number of carboxylic acid groups (broad SMARTS) is 1. The van der Waals surface area contributed by atoms with Crippen molar-refractivity contribution in [3.63, 3.8) is 0 Å². The van der Waals surface area contributed by atoms with E-state index in [2.05, 4.69) is 37.5 Å². The van der Waals surface area contributed by atoms with Gasteiger partial charge in [-0.2, -0.15) is 0 Å². The van der Waals surface area contributed by atoms with Crippen LogP contribution in [-0.4, -0.2) is 35.1 Å². The molecule has 2 rings (SSSR count). The average Bonchev–Trinajstić information content (AvgIpc) is 2.73. The van der Waals surface area contributed by atoms with Gasteiger partial charge in [-0.25, -0.2) is 0 Å².